The van der Waals surface area contributed by atoms with Gasteiger partial charge in [0.05, 0.1) is 6.54 Å². The summed E-state index contributed by atoms with van der Waals surface area (Å²) in [5.41, 5.74) is 3.33. The molecule has 1 amide bonds. The molecule has 2 atom stereocenters. The maximum atomic E-state index is 12.6. The smallest absolute Gasteiger partial charge is 0.320 e. The molecule has 6 nitrogen and oxygen atoms in total. The molecule has 29 heavy (non-hydrogen) atoms. The summed E-state index contributed by atoms with van der Waals surface area (Å²) in [7, 11) is 0. The van der Waals surface area contributed by atoms with E-state index < -0.39 is 12.0 Å². The van der Waals surface area contributed by atoms with E-state index in [1.165, 1.54) is 0 Å². The molecule has 1 saturated heterocycles. The van der Waals surface area contributed by atoms with Crippen LogP contribution in [0.3, 0.4) is 0 Å². The van der Waals surface area contributed by atoms with Crippen LogP contribution < -0.4 is 5.32 Å². The van der Waals surface area contributed by atoms with Gasteiger partial charge in [0.1, 0.15) is 6.04 Å². The van der Waals surface area contributed by atoms with E-state index in [9.17, 15) is 14.7 Å². The van der Waals surface area contributed by atoms with Gasteiger partial charge in [0.15, 0.2) is 0 Å². The van der Waals surface area contributed by atoms with Crippen LogP contribution in [0.2, 0.25) is 0 Å². The van der Waals surface area contributed by atoms with Crippen LogP contribution in [-0.2, 0) is 9.59 Å². The van der Waals surface area contributed by atoms with E-state index in [1.54, 1.807) is 4.90 Å². The number of rotatable bonds is 7. The Kier molecular flexibility index (Phi) is 5.62. The second-order valence-electron chi connectivity index (χ2n) is 7.52. The molecule has 2 heterocycles. The Balaban J connectivity index is 1.51. The van der Waals surface area contributed by atoms with Gasteiger partial charge in [-0.15, -0.1) is 0 Å². The van der Waals surface area contributed by atoms with Crippen LogP contribution in [0.25, 0.3) is 10.9 Å². The Morgan fingerprint density at radius 1 is 1.14 bits per heavy atom. The van der Waals surface area contributed by atoms with Gasteiger partial charge >= 0.3 is 5.97 Å². The first-order valence-corrected chi connectivity index (χ1v) is 9.98. The molecule has 1 aromatic heterocycles. The van der Waals surface area contributed by atoms with E-state index in [0.29, 0.717) is 19.5 Å². The number of nitrogens with zero attached hydrogens (tertiary/aromatic N) is 1. The predicted octanol–water partition coefficient (Wildman–Crippen LogP) is 2.97. The number of nitrogens with one attached hydrogen (secondary N) is 2. The molecule has 0 bridgehead atoms. The first kappa shape index (κ1) is 19.2. The summed E-state index contributed by atoms with van der Waals surface area (Å²) in [6.07, 6.45) is 3.42. The van der Waals surface area contributed by atoms with Crippen molar-refractivity contribution >= 4 is 22.8 Å². The fraction of sp³-hybridized carbons (Fsp3) is 0.304. The number of carboxylic acids is 1. The second-order valence-corrected chi connectivity index (χ2v) is 7.52. The molecule has 0 spiro atoms. The highest BCUT2D eigenvalue weighted by atomic mass is 16.4. The normalized spacial score (nSPS) is 18.0. The van der Waals surface area contributed by atoms with E-state index in [4.69, 9.17) is 0 Å². The lowest BCUT2D eigenvalue weighted by molar-refractivity contribution is -0.142. The van der Waals surface area contributed by atoms with Crippen molar-refractivity contribution in [3.8, 4) is 0 Å². The van der Waals surface area contributed by atoms with Crippen LogP contribution in [0.1, 0.15) is 29.9 Å². The molecule has 150 valence electrons. The Morgan fingerprint density at radius 2 is 1.90 bits per heavy atom. The third kappa shape index (κ3) is 4.17. The Morgan fingerprint density at radius 3 is 2.69 bits per heavy atom. The van der Waals surface area contributed by atoms with Crippen LogP contribution in [0.4, 0.5) is 0 Å². The number of carbonyl (C=O) groups is 2. The Bertz CT molecular complexity index is 999. The van der Waals surface area contributed by atoms with Crippen LogP contribution in [0.5, 0.6) is 0 Å². The summed E-state index contributed by atoms with van der Waals surface area (Å²) in [5.74, 6) is -0.986. The molecule has 0 saturated carbocycles. The van der Waals surface area contributed by atoms with Crippen molar-refractivity contribution in [1.82, 2.24) is 15.2 Å². The number of aromatic nitrogens is 1. The third-order valence-electron chi connectivity index (χ3n) is 5.70. The second kappa shape index (κ2) is 8.49. The molecular weight excluding hydrogens is 366 g/mol. The van der Waals surface area contributed by atoms with E-state index in [-0.39, 0.29) is 18.4 Å². The van der Waals surface area contributed by atoms with Crippen molar-refractivity contribution in [2.75, 3.05) is 19.6 Å². The zero-order valence-electron chi connectivity index (χ0n) is 16.2. The predicted molar refractivity (Wildman–Crippen MR) is 112 cm³/mol. The standard InChI is InChI=1S/C23H25N3O3/c27-22(15-26-12-6-11-21(26)23(28)29)25-13-18(16-7-2-1-3-8-16)19-14-24-20-10-5-4-9-17(19)20/h1-5,7-10,14,18,21,24H,6,11-13,15H2,(H,25,27)(H,28,29)/t18-,21+/m1/s1. The average molecular weight is 391 g/mol. The molecule has 4 rings (SSSR count). The summed E-state index contributed by atoms with van der Waals surface area (Å²) in [4.78, 5) is 29.0. The third-order valence-corrected chi connectivity index (χ3v) is 5.70. The summed E-state index contributed by atoms with van der Waals surface area (Å²) >= 11 is 0. The summed E-state index contributed by atoms with van der Waals surface area (Å²) in [5, 5.41) is 13.5. The first-order valence-electron chi connectivity index (χ1n) is 9.98. The zero-order chi connectivity index (χ0) is 20.2. The number of hydrogen-bond acceptors (Lipinski definition) is 3. The fourth-order valence-electron chi connectivity index (χ4n) is 4.23. The highest BCUT2D eigenvalue weighted by Gasteiger charge is 2.31. The van der Waals surface area contributed by atoms with Gasteiger partial charge < -0.3 is 15.4 Å². The minimum Gasteiger partial charge on any atom is -0.480 e. The number of benzene rings is 2. The lowest BCUT2D eigenvalue weighted by Crippen LogP contribution is -2.43. The van der Waals surface area contributed by atoms with Crippen LogP contribution in [-0.4, -0.2) is 52.5 Å². The van der Waals surface area contributed by atoms with Gasteiger partial charge in [0.25, 0.3) is 0 Å². The maximum Gasteiger partial charge on any atom is 0.320 e. The fourth-order valence-corrected chi connectivity index (χ4v) is 4.23. The number of carbonyl (C=O) groups excluding carboxylic acids is 1. The molecule has 3 N–H and O–H groups in total. The molecule has 3 aromatic rings. The maximum absolute atomic E-state index is 12.6. The van der Waals surface area contributed by atoms with Crippen molar-refractivity contribution in [2.24, 2.45) is 0 Å². The van der Waals surface area contributed by atoms with E-state index in [1.807, 2.05) is 42.6 Å². The molecule has 0 aliphatic carbocycles. The quantitative estimate of drug-likeness (QED) is 0.578. The highest BCUT2D eigenvalue weighted by molar-refractivity contribution is 5.84. The Labute approximate surface area is 169 Å². The van der Waals surface area contributed by atoms with Gasteiger partial charge in [-0.05, 0) is 36.6 Å². The number of amides is 1. The summed E-state index contributed by atoms with van der Waals surface area (Å²) in [6.45, 7) is 1.22. The molecular formula is C23H25N3O3. The van der Waals surface area contributed by atoms with Crippen LogP contribution in [0.15, 0.2) is 60.8 Å². The van der Waals surface area contributed by atoms with Gasteiger partial charge in [-0.3, -0.25) is 14.5 Å². The van der Waals surface area contributed by atoms with Crippen molar-refractivity contribution < 1.29 is 14.7 Å². The van der Waals surface area contributed by atoms with Gasteiger partial charge in [0.2, 0.25) is 5.91 Å². The minimum absolute atomic E-state index is 0.00477. The van der Waals surface area contributed by atoms with Crippen molar-refractivity contribution in [2.45, 2.75) is 24.8 Å². The first-order chi connectivity index (χ1) is 14.1. The van der Waals surface area contributed by atoms with Crippen molar-refractivity contribution in [3.63, 3.8) is 0 Å². The SMILES string of the molecule is O=C(CN1CCC[C@H]1C(=O)O)NC[C@H](c1ccccc1)c1c[nH]c2ccccc12. The van der Waals surface area contributed by atoms with Crippen molar-refractivity contribution in [3.05, 3.63) is 71.9 Å². The zero-order valence-corrected chi connectivity index (χ0v) is 16.2. The monoisotopic (exact) mass is 391 g/mol. The van der Waals surface area contributed by atoms with Gasteiger partial charge in [-0.1, -0.05) is 48.5 Å². The minimum atomic E-state index is -0.851. The number of hydrogen-bond donors (Lipinski definition) is 3. The van der Waals surface area contributed by atoms with E-state index >= 15 is 0 Å². The molecule has 0 radical (unpaired) electrons. The number of H-pyrrole nitrogens is 1. The lowest BCUT2D eigenvalue weighted by Gasteiger charge is -2.22. The molecule has 6 heteroatoms. The number of fused-ring (bicyclic) bond motifs is 1. The molecule has 0 unspecified atom stereocenters. The lowest BCUT2D eigenvalue weighted by atomic mass is 9.91. The van der Waals surface area contributed by atoms with E-state index in [2.05, 4.69) is 28.5 Å². The average Bonchev–Trinajstić information content (AvgIpc) is 3.36. The molecule has 2 aromatic carbocycles. The topological polar surface area (TPSA) is 85.4 Å². The summed E-state index contributed by atoms with van der Waals surface area (Å²) in [6, 6.07) is 17.7. The van der Waals surface area contributed by atoms with E-state index in [0.717, 1.165) is 28.5 Å². The Hall–Kier alpha value is -3.12. The van der Waals surface area contributed by atoms with Crippen LogP contribution in [0, 0.1) is 0 Å². The van der Waals surface area contributed by atoms with Gasteiger partial charge in [-0.2, -0.15) is 0 Å². The number of para-hydroxylation sites is 1. The highest BCUT2D eigenvalue weighted by Crippen LogP contribution is 2.30. The number of carboxylic acid groups (broad SMARTS) is 1. The summed E-state index contributed by atoms with van der Waals surface area (Å²) < 4.78 is 0. The largest absolute Gasteiger partial charge is 0.480 e. The molecule has 1 fully saturated rings. The molecule has 1 aliphatic heterocycles. The van der Waals surface area contributed by atoms with Crippen molar-refractivity contribution in [1.29, 1.82) is 0 Å². The van der Waals surface area contributed by atoms with Gasteiger partial charge in [0, 0.05) is 29.6 Å². The molecule has 1 aliphatic rings. The van der Waals surface area contributed by atoms with Gasteiger partial charge in [-0.25, -0.2) is 0 Å². The number of aromatic amines is 1. The number of aliphatic carboxylic acids is 1. The van der Waals surface area contributed by atoms with Crippen LogP contribution >= 0.6 is 0 Å². The number of likely N-dealkylation sites (tertiary alicyclic amines) is 1.